The van der Waals surface area contributed by atoms with E-state index in [1.54, 1.807) is 42.5 Å². The van der Waals surface area contributed by atoms with Crippen LogP contribution < -0.4 is 5.32 Å². The Hall–Kier alpha value is -2.45. The van der Waals surface area contributed by atoms with Crippen LogP contribution in [-0.4, -0.2) is 25.2 Å². The van der Waals surface area contributed by atoms with Crippen LogP contribution in [0.25, 0.3) is 0 Å². The third kappa shape index (κ3) is 6.29. The number of carbonyl (C=O) groups excluding carboxylic acids is 1. The van der Waals surface area contributed by atoms with Crippen LogP contribution in [0.2, 0.25) is 10.0 Å². The third-order valence-electron chi connectivity index (χ3n) is 4.72. The van der Waals surface area contributed by atoms with Crippen LogP contribution in [0.15, 0.2) is 71.6 Å². The first kappa shape index (κ1) is 24.2. The molecule has 0 fully saturated rings. The summed E-state index contributed by atoms with van der Waals surface area (Å²) in [5.41, 5.74) is 2.19. The molecule has 0 aromatic heterocycles. The second-order valence-electron chi connectivity index (χ2n) is 7.24. The van der Waals surface area contributed by atoms with E-state index in [2.05, 4.69) is 5.32 Å². The SMILES string of the molecule is Cc1ccc(S(=O)(=O)N(CC(=O)NCc2ccc(F)cc2)Cc2ccc(Cl)c(Cl)c2)cc1. The van der Waals surface area contributed by atoms with Gasteiger partial charge in [-0.2, -0.15) is 4.31 Å². The summed E-state index contributed by atoms with van der Waals surface area (Å²) in [6.07, 6.45) is 0. The minimum atomic E-state index is -3.98. The van der Waals surface area contributed by atoms with E-state index in [1.807, 2.05) is 6.92 Å². The molecule has 32 heavy (non-hydrogen) atoms. The zero-order valence-electron chi connectivity index (χ0n) is 17.2. The van der Waals surface area contributed by atoms with Gasteiger partial charge in [-0.25, -0.2) is 12.8 Å². The van der Waals surface area contributed by atoms with Gasteiger partial charge in [0.25, 0.3) is 0 Å². The fraction of sp³-hybridized carbons (Fsp3) is 0.174. The molecule has 0 spiro atoms. The molecular formula is C23H21Cl2FN2O3S. The second-order valence-corrected chi connectivity index (χ2v) is 9.99. The van der Waals surface area contributed by atoms with Gasteiger partial charge in [0.1, 0.15) is 5.82 Å². The van der Waals surface area contributed by atoms with Gasteiger partial charge in [0.2, 0.25) is 15.9 Å². The molecule has 9 heteroatoms. The van der Waals surface area contributed by atoms with Crippen molar-refractivity contribution in [3.05, 3.63) is 99.3 Å². The Balaban J connectivity index is 1.81. The van der Waals surface area contributed by atoms with Gasteiger partial charge in [-0.15, -0.1) is 0 Å². The fourth-order valence-electron chi connectivity index (χ4n) is 2.95. The first-order valence-corrected chi connectivity index (χ1v) is 11.9. The summed E-state index contributed by atoms with van der Waals surface area (Å²) in [6, 6.07) is 16.9. The van der Waals surface area contributed by atoms with Gasteiger partial charge in [0, 0.05) is 13.1 Å². The normalized spacial score (nSPS) is 11.5. The zero-order valence-corrected chi connectivity index (χ0v) is 19.5. The van der Waals surface area contributed by atoms with Crippen molar-refractivity contribution in [2.75, 3.05) is 6.54 Å². The van der Waals surface area contributed by atoms with Crippen LogP contribution in [-0.2, 0) is 27.9 Å². The van der Waals surface area contributed by atoms with E-state index in [4.69, 9.17) is 23.2 Å². The average Bonchev–Trinajstić information content (AvgIpc) is 2.76. The first-order valence-electron chi connectivity index (χ1n) is 9.67. The molecule has 0 bridgehead atoms. The van der Waals surface area contributed by atoms with Gasteiger partial charge >= 0.3 is 0 Å². The standard InChI is InChI=1S/C23H21Cl2FN2O3S/c1-16-2-9-20(10-3-16)32(30,31)28(14-18-6-11-21(24)22(25)12-18)15-23(29)27-13-17-4-7-19(26)8-5-17/h2-12H,13-15H2,1H3,(H,27,29). The Morgan fingerprint density at radius 1 is 0.938 bits per heavy atom. The number of nitrogens with zero attached hydrogens (tertiary/aromatic N) is 1. The second kappa shape index (κ2) is 10.4. The van der Waals surface area contributed by atoms with Crippen molar-refractivity contribution in [1.29, 1.82) is 0 Å². The molecule has 1 N–H and O–H groups in total. The summed E-state index contributed by atoms with van der Waals surface area (Å²) < 4.78 is 40.7. The maximum atomic E-state index is 13.3. The fourth-order valence-corrected chi connectivity index (χ4v) is 4.65. The molecule has 0 saturated carbocycles. The van der Waals surface area contributed by atoms with E-state index in [0.717, 1.165) is 9.87 Å². The van der Waals surface area contributed by atoms with E-state index in [9.17, 15) is 17.6 Å². The number of halogens is 3. The lowest BCUT2D eigenvalue weighted by molar-refractivity contribution is -0.121. The van der Waals surface area contributed by atoms with Gasteiger partial charge in [-0.05, 0) is 54.4 Å². The van der Waals surface area contributed by atoms with Crippen molar-refractivity contribution in [1.82, 2.24) is 9.62 Å². The van der Waals surface area contributed by atoms with Crippen LogP contribution in [0.3, 0.4) is 0 Å². The molecule has 0 aliphatic rings. The summed E-state index contributed by atoms with van der Waals surface area (Å²) in [5, 5.41) is 3.31. The molecule has 5 nitrogen and oxygen atoms in total. The van der Waals surface area contributed by atoms with E-state index in [0.29, 0.717) is 16.1 Å². The number of rotatable bonds is 8. The summed E-state index contributed by atoms with van der Waals surface area (Å²) in [5.74, 6) is -0.873. The zero-order chi connectivity index (χ0) is 23.3. The number of benzene rings is 3. The molecular weight excluding hydrogens is 474 g/mol. The Bertz CT molecular complexity index is 1200. The summed E-state index contributed by atoms with van der Waals surface area (Å²) >= 11 is 12.0. The number of amides is 1. The Morgan fingerprint density at radius 2 is 1.56 bits per heavy atom. The highest BCUT2D eigenvalue weighted by Crippen LogP contribution is 2.25. The van der Waals surface area contributed by atoms with Gasteiger partial charge in [-0.3, -0.25) is 4.79 Å². The molecule has 0 heterocycles. The molecule has 0 aliphatic carbocycles. The lowest BCUT2D eigenvalue weighted by Crippen LogP contribution is -2.40. The highest BCUT2D eigenvalue weighted by molar-refractivity contribution is 7.89. The molecule has 1 amide bonds. The number of hydrogen-bond donors (Lipinski definition) is 1. The van der Waals surface area contributed by atoms with E-state index in [1.165, 1.54) is 24.3 Å². The molecule has 3 aromatic carbocycles. The molecule has 0 atom stereocenters. The Kier molecular flexibility index (Phi) is 7.90. The largest absolute Gasteiger partial charge is 0.351 e. The quantitative estimate of drug-likeness (QED) is 0.481. The molecule has 0 saturated heterocycles. The topological polar surface area (TPSA) is 66.5 Å². The highest BCUT2D eigenvalue weighted by Gasteiger charge is 2.27. The summed E-state index contributed by atoms with van der Waals surface area (Å²) in [6.45, 7) is 1.52. The predicted molar refractivity (Wildman–Crippen MR) is 123 cm³/mol. The van der Waals surface area contributed by atoms with Crippen molar-refractivity contribution < 1.29 is 17.6 Å². The predicted octanol–water partition coefficient (Wildman–Crippen LogP) is 4.95. The lowest BCUT2D eigenvalue weighted by Gasteiger charge is -2.22. The maximum Gasteiger partial charge on any atom is 0.243 e. The number of carbonyl (C=O) groups is 1. The first-order chi connectivity index (χ1) is 15.1. The van der Waals surface area contributed by atoms with E-state index >= 15 is 0 Å². The van der Waals surface area contributed by atoms with E-state index in [-0.39, 0.29) is 28.8 Å². The summed E-state index contributed by atoms with van der Waals surface area (Å²) in [7, 11) is -3.98. The number of nitrogens with one attached hydrogen (secondary N) is 1. The minimum Gasteiger partial charge on any atom is -0.351 e. The number of hydrogen-bond acceptors (Lipinski definition) is 3. The highest BCUT2D eigenvalue weighted by atomic mass is 35.5. The van der Waals surface area contributed by atoms with Crippen molar-refractivity contribution in [2.45, 2.75) is 24.9 Å². The van der Waals surface area contributed by atoms with Crippen molar-refractivity contribution in [3.63, 3.8) is 0 Å². The maximum absolute atomic E-state index is 13.3. The molecule has 0 aliphatic heterocycles. The van der Waals surface area contributed by atoms with Crippen molar-refractivity contribution in [3.8, 4) is 0 Å². The van der Waals surface area contributed by atoms with Crippen LogP contribution >= 0.6 is 23.2 Å². The number of aryl methyl sites for hydroxylation is 1. The van der Waals surface area contributed by atoms with Gasteiger partial charge in [-0.1, -0.05) is 59.1 Å². The molecule has 3 aromatic rings. The Morgan fingerprint density at radius 3 is 2.19 bits per heavy atom. The van der Waals surface area contributed by atoms with Crippen LogP contribution in [0, 0.1) is 12.7 Å². The van der Waals surface area contributed by atoms with Crippen LogP contribution in [0.5, 0.6) is 0 Å². The van der Waals surface area contributed by atoms with Gasteiger partial charge in [0.15, 0.2) is 0 Å². The number of sulfonamides is 1. The smallest absolute Gasteiger partial charge is 0.243 e. The molecule has 3 rings (SSSR count). The third-order valence-corrected chi connectivity index (χ3v) is 7.27. The van der Waals surface area contributed by atoms with Crippen LogP contribution in [0.4, 0.5) is 4.39 Å². The molecule has 0 radical (unpaired) electrons. The minimum absolute atomic E-state index is 0.0724. The van der Waals surface area contributed by atoms with Crippen molar-refractivity contribution in [2.24, 2.45) is 0 Å². The molecule has 0 unspecified atom stereocenters. The van der Waals surface area contributed by atoms with Gasteiger partial charge in [0.05, 0.1) is 21.5 Å². The van der Waals surface area contributed by atoms with Crippen molar-refractivity contribution >= 4 is 39.1 Å². The summed E-state index contributed by atoms with van der Waals surface area (Å²) in [4.78, 5) is 12.7. The monoisotopic (exact) mass is 494 g/mol. The molecule has 168 valence electrons. The lowest BCUT2D eigenvalue weighted by atomic mass is 10.2. The van der Waals surface area contributed by atoms with E-state index < -0.39 is 22.5 Å². The Labute approximate surface area is 196 Å². The van der Waals surface area contributed by atoms with Crippen LogP contribution in [0.1, 0.15) is 16.7 Å². The average molecular weight is 495 g/mol. The van der Waals surface area contributed by atoms with Gasteiger partial charge < -0.3 is 5.32 Å².